The molecular weight excluding hydrogens is 238 g/mol. The molecule has 0 aliphatic carbocycles. The van der Waals surface area contributed by atoms with Crippen LogP contribution in [-0.4, -0.2) is 0 Å². The number of thiophene rings is 1. The third-order valence-corrected chi connectivity index (χ3v) is 3.66. The van der Waals surface area contributed by atoms with Gasteiger partial charge in [-0.05, 0) is 36.2 Å². The molecule has 0 aliphatic rings. The number of anilines is 1. The van der Waals surface area contributed by atoms with Gasteiger partial charge in [-0.3, -0.25) is 0 Å². The average Bonchev–Trinajstić information content (AvgIpc) is 2.73. The van der Waals surface area contributed by atoms with Gasteiger partial charge in [0, 0.05) is 17.1 Å². The van der Waals surface area contributed by atoms with Crippen LogP contribution in [0.15, 0.2) is 36.4 Å². The lowest BCUT2D eigenvalue weighted by atomic mass is 10.1. The number of halogens is 1. The minimum Gasteiger partial charge on any atom is -0.380 e. The van der Waals surface area contributed by atoms with Crippen LogP contribution in [0.1, 0.15) is 17.4 Å². The van der Waals surface area contributed by atoms with Crippen molar-refractivity contribution in [2.75, 3.05) is 5.32 Å². The molecule has 0 spiro atoms. The van der Waals surface area contributed by atoms with Crippen molar-refractivity contribution in [3.05, 3.63) is 51.2 Å². The van der Waals surface area contributed by atoms with Gasteiger partial charge in [-0.25, -0.2) is 0 Å². The van der Waals surface area contributed by atoms with E-state index in [2.05, 4.69) is 42.6 Å². The quantitative estimate of drug-likeness (QED) is 0.839. The van der Waals surface area contributed by atoms with E-state index < -0.39 is 0 Å². The fraction of sp³-hybridized carbons (Fsp3) is 0.231. The van der Waals surface area contributed by atoms with E-state index in [1.165, 1.54) is 16.1 Å². The Hall–Kier alpha value is -0.990. The summed E-state index contributed by atoms with van der Waals surface area (Å²) in [6.45, 7) is 3.00. The monoisotopic (exact) mass is 251 g/mol. The molecule has 0 radical (unpaired) electrons. The smallest absolute Gasteiger partial charge is 0.0931 e. The molecule has 0 saturated heterocycles. The summed E-state index contributed by atoms with van der Waals surface area (Å²) in [7, 11) is 0. The van der Waals surface area contributed by atoms with Gasteiger partial charge in [-0.15, -0.1) is 11.3 Å². The highest BCUT2D eigenvalue weighted by molar-refractivity contribution is 7.16. The van der Waals surface area contributed by atoms with Crippen LogP contribution in [0, 0.1) is 0 Å². The van der Waals surface area contributed by atoms with Crippen LogP contribution in [0.3, 0.4) is 0 Å². The van der Waals surface area contributed by atoms with Crippen LogP contribution >= 0.6 is 22.9 Å². The van der Waals surface area contributed by atoms with Gasteiger partial charge in [0.25, 0.3) is 0 Å². The second-order valence-electron chi connectivity index (χ2n) is 3.61. The predicted octanol–water partition coefficient (Wildman–Crippen LogP) is 4.58. The lowest BCUT2D eigenvalue weighted by Gasteiger charge is -2.06. The van der Waals surface area contributed by atoms with E-state index in [0.29, 0.717) is 0 Å². The molecule has 0 amide bonds. The van der Waals surface area contributed by atoms with E-state index in [1.807, 2.05) is 6.07 Å². The van der Waals surface area contributed by atoms with Crippen LogP contribution < -0.4 is 5.32 Å². The van der Waals surface area contributed by atoms with Gasteiger partial charge in [0.15, 0.2) is 0 Å². The topological polar surface area (TPSA) is 12.0 Å². The highest BCUT2D eigenvalue weighted by Crippen LogP contribution is 2.22. The van der Waals surface area contributed by atoms with Gasteiger partial charge in [-0.1, -0.05) is 30.7 Å². The van der Waals surface area contributed by atoms with Crippen molar-refractivity contribution < 1.29 is 0 Å². The first-order valence-electron chi connectivity index (χ1n) is 5.35. The summed E-state index contributed by atoms with van der Waals surface area (Å²) in [4.78, 5) is 1.26. The summed E-state index contributed by atoms with van der Waals surface area (Å²) in [6, 6.07) is 12.5. The summed E-state index contributed by atoms with van der Waals surface area (Å²) in [5.41, 5.74) is 2.53. The third kappa shape index (κ3) is 3.00. The number of hydrogen-bond donors (Lipinski definition) is 1. The Morgan fingerprint density at radius 2 is 2.12 bits per heavy atom. The first-order valence-corrected chi connectivity index (χ1v) is 6.54. The molecule has 0 atom stereocenters. The van der Waals surface area contributed by atoms with Crippen molar-refractivity contribution >= 4 is 28.6 Å². The van der Waals surface area contributed by atoms with Crippen LogP contribution in [0.4, 0.5) is 5.69 Å². The molecule has 84 valence electrons. The summed E-state index contributed by atoms with van der Waals surface area (Å²) < 4.78 is 0.846. The molecule has 2 aromatic rings. The maximum Gasteiger partial charge on any atom is 0.0931 e. The van der Waals surface area contributed by atoms with Gasteiger partial charge in [0.1, 0.15) is 0 Å². The molecule has 16 heavy (non-hydrogen) atoms. The second kappa shape index (κ2) is 5.37. The Balaban J connectivity index is 1.99. The van der Waals surface area contributed by atoms with E-state index >= 15 is 0 Å². The van der Waals surface area contributed by atoms with Crippen molar-refractivity contribution in [2.24, 2.45) is 0 Å². The molecule has 0 unspecified atom stereocenters. The molecule has 1 heterocycles. The number of nitrogens with one attached hydrogen (secondary N) is 1. The molecule has 2 rings (SSSR count). The Morgan fingerprint density at radius 3 is 2.81 bits per heavy atom. The number of aryl methyl sites for hydroxylation is 1. The predicted molar refractivity (Wildman–Crippen MR) is 72.5 cm³/mol. The van der Waals surface area contributed by atoms with E-state index in [-0.39, 0.29) is 0 Å². The first kappa shape index (κ1) is 11.5. The molecule has 0 saturated carbocycles. The zero-order chi connectivity index (χ0) is 11.4. The van der Waals surface area contributed by atoms with Crippen LogP contribution in [0.2, 0.25) is 4.34 Å². The molecule has 0 aliphatic heterocycles. The molecule has 1 nitrogen and oxygen atoms in total. The van der Waals surface area contributed by atoms with E-state index in [1.54, 1.807) is 11.3 Å². The zero-order valence-corrected chi connectivity index (χ0v) is 10.7. The van der Waals surface area contributed by atoms with Crippen LogP contribution in [-0.2, 0) is 13.0 Å². The summed E-state index contributed by atoms with van der Waals surface area (Å²) in [5, 5.41) is 3.40. The van der Waals surface area contributed by atoms with E-state index in [9.17, 15) is 0 Å². The number of rotatable bonds is 4. The average molecular weight is 252 g/mol. The fourth-order valence-electron chi connectivity index (χ4n) is 1.54. The van der Waals surface area contributed by atoms with E-state index in [4.69, 9.17) is 11.6 Å². The molecular formula is C13H14ClNS. The van der Waals surface area contributed by atoms with Crippen LogP contribution in [0.25, 0.3) is 0 Å². The molecule has 0 fully saturated rings. The number of hydrogen-bond acceptors (Lipinski definition) is 2. The normalized spacial score (nSPS) is 10.4. The minimum absolute atomic E-state index is 0.838. The second-order valence-corrected chi connectivity index (χ2v) is 5.41. The van der Waals surface area contributed by atoms with Gasteiger partial charge in [0.05, 0.1) is 4.34 Å². The molecule has 0 bridgehead atoms. The zero-order valence-electron chi connectivity index (χ0n) is 9.16. The lowest BCUT2D eigenvalue weighted by molar-refractivity contribution is 1.13. The summed E-state index contributed by atoms with van der Waals surface area (Å²) in [5.74, 6) is 0. The molecule has 3 heteroatoms. The number of benzene rings is 1. The van der Waals surface area contributed by atoms with Gasteiger partial charge >= 0.3 is 0 Å². The minimum atomic E-state index is 0.838. The van der Waals surface area contributed by atoms with Crippen LogP contribution in [0.5, 0.6) is 0 Å². The molecule has 1 N–H and O–H groups in total. The largest absolute Gasteiger partial charge is 0.380 e. The lowest BCUT2D eigenvalue weighted by Crippen LogP contribution is -1.97. The van der Waals surface area contributed by atoms with Gasteiger partial charge < -0.3 is 5.32 Å². The van der Waals surface area contributed by atoms with Crippen molar-refractivity contribution in [3.63, 3.8) is 0 Å². The third-order valence-electron chi connectivity index (χ3n) is 2.43. The summed E-state index contributed by atoms with van der Waals surface area (Å²) >= 11 is 7.50. The Bertz CT molecular complexity index is 464. The highest BCUT2D eigenvalue weighted by atomic mass is 35.5. The first-order chi connectivity index (χ1) is 7.78. The highest BCUT2D eigenvalue weighted by Gasteiger charge is 1.98. The van der Waals surface area contributed by atoms with E-state index in [0.717, 1.165) is 17.3 Å². The Kier molecular flexibility index (Phi) is 3.86. The summed E-state index contributed by atoms with van der Waals surface area (Å²) in [6.07, 6.45) is 1.07. The Labute approximate surface area is 105 Å². The standard InChI is InChI=1S/C13H14ClNS/c1-2-10-4-3-5-11(8-10)15-9-12-6-7-13(14)16-12/h3-8,15H,2,9H2,1H3. The fourth-order valence-corrected chi connectivity index (χ4v) is 2.56. The van der Waals surface area contributed by atoms with Crippen molar-refractivity contribution in [1.82, 2.24) is 0 Å². The Morgan fingerprint density at radius 1 is 1.25 bits per heavy atom. The maximum absolute atomic E-state index is 5.88. The maximum atomic E-state index is 5.88. The molecule has 1 aromatic heterocycles. The van der Waals surface area contributed by atoms with Gasteiger partial charge in [0.2, 0.25) is 0 Å². The SMILES string of the molecule is CCc1cccc(NCc2ccc(Cl)s2)c1. The van der Waals surface area contributed by atoms with Crippen molar-refractivity contribution in [2.45, 2.75) is 19.9 Å². The van der Waals surface area contributed by atoms with Crippen molar-refractivity contribution in [1.29, 1.82) is 0 Å². The van der Waals surface area contributed by atoms with Gasteiger partial charge in [-0.2, -0.15) is 0 Å². The van der Waals surface area contributed by atoms with Crippen molar-refractivity contribution in [3.8, 4) is 0 Å². The molecule has 1 aromatic carbocycles.